The van der Waals surface area contributed by atoms with Gasteiger partial charge < -0.3 is 14.7 Å². The van der Waals surface area contributed by atoms with Gasteiger partial charge in [-0.25, -0.2) is 13.1 Å². The van der Waals surface area contributed by atoms with Crippen molar-refractivity contribution in [1.29, 1.82) is 0 Å². The smallest absolute Gasteiger partial charge is 0.512 e. The van der Waals surface area contributed by atoms with Gasteiger partial charge in [0.05, 0.1) is 4.90 Å². The van der Waals surface area contributed by atoms with Crippen LogP contribution in [0.5, 0.6) is 5.75 Å². The topological polar surface area (TPSA) is 95.9 Å². The van der Waals surface area contributed by atoms with Crippen molar-refractivity contribution in [1.82, 2.24) is 4.72 Å². The molecule has 100 valence electrons. The van der Waals surface area contributed by atoms with E-state index in [4.69, 9.17) is 10.0 Å². The lowest BCUT2D eigenvalue weighted by molar-refractivity contribution is 0.288. The summed E-state index contributed by atoms with van der Waals surface area (Å²) in [5.41, 5.74) is -0.574. The van der Waals surface area contributed by atoms with Crippen molar-refractivity contribution >= 4 is 17.3 Å². The third-order valence-electron chi connectivity index (χ3n) is 1.82. The maximum atomic E-state index is 11.9. The van der Waals surface area contributed by atoms with Gasteiger partial charge in [-0.2, -0.15) is 0 Å². The summed E-state index contributed by atoms with van der Waals surface area (Å²) in [4.78, 5) is 0.0807. The highest BCUT2D eigenvalue weighted by atomic mass is 32.2. The Morgan fingerprint density at radius 1 is 1.17 bits per heavy atom. The second-order valence-electron chi connectivity index (χ2n) is 4.77. The minimum atomic E-state index is -3.59. The van der Waals surface area contributed by atoms with Crippen LogP contribution >= 0.6 is 0 Å². The molecule has 0 saturated carbocycles. The molecule has 0 spiro atoms. The third kappa shape index (κ3) is 4.65. The van der Waals surface area contributed by atoms with Gasteiger partial charge in [-0.1, -0.05) is 0 Å². The van der Waals surface area contributed by atoms with Crippen LogP contribution < -0.4 is 9.38 Å². The highest BCUT2D eigenvalue weighted by Crippen LogP contribution is 2.17. The molecular weight excluding hydrogens is 257 g/mol. The fourth-order valence-corrected chi connectivity index (χ4v) is 2.70. The highest BCUT2D eigenvalue weighted by Gasteiger charge is 2.22. The predicted octanol–water partition coefficient (Wildman–Crippen LogP) is 0.112. The third-order valence-corrected chi connectivity index (χ3v) is 3.59. The standard InChI is InChI=1S/C10H16BNO5S/c1-10(2,3)12-18(15,16)9-6-4-8(5-7-9)17-11(13)14/h4-7,12-14H,1-3H3. The Morgan fingerprint density at radius 2 is 1.67 bits per heavy atom. The summed E-state index contributed by atoms with van der Waals surface area (Å²) in [7, 11) is -5.52. The van der Waals surface area contributed by atoms with Crippen LogP contribution in [-0.4, -0.2) is 31.3 Å². The fourth-order valence-electron chi connectivity index (χ4n) is 1.28. The molecule has 0 fully saturated rings. The molecule has 0 aliphatic carbocycles. The van der Waals surface area contributed by atoms with Crippen molar-refractivity contribution in [2.75, 3.05) is 0 Å². The van der Waals surface area contributed by atoms with Crippen LogP contribution in [0.4, 0.5) is 0 Å². The molecule has 8 heteroatoms. The number of nitrogens with one attached hydrogen (secondary N) is 1. The first-order valence-electron chi connectivity index (χ1n) is 5.27. The quantitative estimate of drug-likeness (QED) is 0.677. The molecule has 6 nitrogen and oxygen atoms in total. The van der Waals surface area contributed by atoms with Gasteiger partial charge in [-0.15, -0.1) is 0 Å². The molecule has 1 aromatic rings. The lowest BCUT2D eigenvalue weighted by atomic mass is 10.1. The van der Waals surface area contributed by atoms with Crippen molar-refractivity contribution in [3.8, 4) is 5.75 Å². The highest BCUT2D eigenvalue weighted by molar-refractivity contribution is 7.89. The monoisotopic (exact) mass is 273 g/mol. The van der Waals surface area contributed by atoms with Gasteiger partial charge in [0.2, 0.25) is 10.0 Å². The van der Waals surface area contributed by atoms with E-state index in [9.17, 15) is 8.42 Å². The average Bonchev–Trinajstić information content (AvgIpc) is 2.13. The summed E-state index contributed by atoms with van der Waals surface area (Å²) < 4.78 is 30.9. The van der Waals surface area contributed by atoms with Gasteiger partial charge >= 0.3 is 7.32 Å². The second kappa shape index (κ2) is 5.27. The minimum absolute atomic E-state index is 0.0807. The Balaban J connectivity index is 2.91. The Labute approximate surface area is 107 Å². The van der Waals surface area contributed by atoms with Crippen LogP contribution in [0.15, 0.2) is 29.2 Å². The first kappa shape index (κ1) is 15.0. The number of hydrogen-bond acceptors (Lipinski definition) is 5. The molecule has 18 heavy (non-hydrogen) atoms. The maximum absolute atomic E-state index is 11.9. The van der Waals surface area contributed by atoms with Crippen molar-refractivity contribution < 1.29 is 23.1 Å². The van der Waals surface area contributed by atoms with E-state index in [-0.39, 0.29) is 10.6 Å². The minimum Gasteiger partial charge on any atom is -0.512 e. The maximum Gasteiger partial charge on any atom is 0.707 e. The van der Waals surface area contributed by atoms with Gasteiger partial charge in [-0.05, 0) is 45.0 Å². The first-order chi connectivity index (χ1) is 8.10. The number of sulfonamides is 1. The molecule has 0 saturated heterocycles. The van der Waals surface area contributed by atoms with E-state index in [2.05, 4.69) is 9.38 Å². The summed E-state index contributed by atoms with van der Waals surface area (Å²) in [6.07, 6.45) is 0. The molecule has 0 aliphatic heterocycles. The van der Waals surface area contributed by atoms with Crippen molar-refractivity contribution in [2.24, 2.45) is 0 Å². The zero-order chi connectivity index (χ0) is 14.0. The molecule has 0 atom stereocenters. The largest absolute Gasteiger partial charge is 0.707 e. The number of rotatable bonds is 4. The van der Waals surface area contributed by atoms with Crippen LogP contribution in [0.3, 0.4) is 0 Å². The van der Waals surface area contributed by atoms with Crippen molar-refractivity contribution in [2.45, 2.75) is 31.2 Å². The van der Waals surface area contributed by atoms with E-state index in [1.807, 2.05) is 0 Å². The molecule has 0 heterocycles. The Kier molecular flexibility index (Phi) is 4.39. The van der Waals surface area contributed by atoms with Crippen molar-refractivity contribution in [3.63, 3.8) is 0 Å². The predicted molar refractivity (Wildman–Crippen MR) is 67.3 cm³/mol. The molecule has 1 rings (SSSR count). The molecule has 1 aromatic carbocycles. The molecule has 0 radical (unpaired) electrons. The van der Waals surface area contributed by atoms with Crippen LogP contribution in [0.25, 0.3) is 0 Å². The summed E-state index contributed by atoms with van der Waals surface area (Å²) in [6, 6.07) is 5.34. The van der Waals surface area contributed by atoms with Crippen LogP contribution in [0.1, 0.15) is 20.8 Å². The average molecular weight is 273 g/mol. The molecule has 0 amide bonds. The Morgan fingerprint density at radius 3 is 2.06 bits per heavy atom. The first-order valence-corrected chi connectivity index (χ1v) is 6.75. The van der Waals surface area contributed by atoms with Crippen LogP contribution in [-0.2, 0) is 10.0 Å². The summed E-state index contributed by atoms with van der Waals surface area (Å²) in [5, 5.41) is 17.2. The zero-order valence-corrected chi connectivity index (χ0v) is 11.2. The zero-order valence-electron chi connectivity index (χ0n) is 10.4. The van der Waals surface area contributed by atoms with Crippen LogP contribution in [0.2, 0.25) is 0 Å². The normalized spacial score (nSPS) is 12.3. The van der Waals surface area contributed by atoms with Gasteiger partial charge in [0.15, 0.2) is 0 Å². The molecule has 0 aliphatic rings. The molecule has 0 aromatic heterocycles. The molecule has 0 bridgehead atoms. The van der Waals surface area contributed by atoms with Gasteiger partial charge in [0, 0.05) is 5.54 Å². The lowest BCUT2D eigenvalue weighted by Crippen LogP contribution is -2.40. The second-order valence-corrected chi connectivity index (χ2v) is 6.45. The van der Waals surface area contributed by atoms with E-state index < -0.39 is 22.9 Å². The summed E-state index contributed by atoms with van der Waals surface area (Å²) in [5.74, 6) is 0.166. The number of benzene rings is 1. The molecular formula is C10H16BNO5S. The van der Waals surface area contributed by atoms with E-state index in [0.717, 1.165) is 0 Å². The van der Waals surface area contributed by atoms with Crippen LogP contribution in [0, 0.1) is 0 Å². The summed E-state index contributed by atoms with van der Waals surface area (Å²) in [6.45, 7) is 5.22. The summed E-state index contributed by atoms with van der Waals surface area (Å²) >= 11 is 0. The van der Waals surface area contributed by atoms with E-state index >= 15 is 0 Å². The SMILES string of the molecule is CC(C)(C)NS(=O)(=O)c1ccc(OB(O)O)cc1. The van der Waals surface area contributed by atoms with E-state index in [0.29, 0.717) is 0 Å². The van der Waals surface area contributed by atoms with Crippen molar-refractivity contribution in [3.05, 3.63) is 24.3 Å². The molecule has 0 unspecified atom stereocenters. The van der Waals surface area contributed by atoms with Gasteiger partial charge in [0.1, 0.15) is 5.75 Å². The van der Waals surface area contributed by atoms with Gasteiger partial charge in [-0.3, -0.25) is 0 Å². The Bertz CT molecular complexity index is 492. The Hall–Kier alpha value is -1.09. The van der Waals surface area contributed by atoms with Gasteiger partial charge in [0.25, 0.3) is 0 Å². The molecule has 3 N–H and O–H groups in total. The fraction of sp³-hybridized carbons (Fsp3) is 0.400. The lowest BCUT2D eigenvalue weighted by Gasteiger charge is -2.20. The number of hydrogen-bond donors (Lipinski definition) is 3. The van der Waals surface area contributed by atoms with E-state index in [1.165, 1.54) is 24.3 Å². The van der Waals surface area contributed by atoms with E-state index in [1.54, 1.807) is 20.8 Å².